The largest absolute Gasteiger partial charge is 0.496 e. The first kappa shape index (κ1) is 23.8. The summed E-state index contributed by atoms with van der Waals surface area (Å²) in [5.41, 5.74) is 1.93. The van der Waals surface area contributed by atoms with E-state index in [1.165, 1.54) is 14.0 Å². The Morgan fingerprint density at radius 1 is 0.968 bits per heavy atom. The first-order valence-electron chi connectivity index (χ1n) is 9.96. The lowest BCUT2D eigenvalue weighted by Gasteiger charge is -2.10. The lowest BCUT2D eigenvalue weighted by atomic mass is 10.0. The highest BCUT2D eigenvalue weighted by Crippen LogP contribution is 2.21. The molecule has 31 heavy (non-hydrogen) atoms. The molecule has 164 valence electrons. The summed E-state index contributed by atoms with van der Waals surface area (Å²) in [4.78, 5) is 47.9. The van der Waals surface area contributed by atoms with Gasteiger partial charge in [0.15, 0.2) is 18.2 Å². The van der Waals surface area contributed by atoms with Gasteiger partial charge in [-0.3, -0.25) is 19.2 Å². The number of Topliss-reactive ketones (excluding diaryl/α,β-unsaturated/α-hetero) is 2. The molecule has 0 aliphatic carbocycles. The SMILES string of the molecule is COc1ccc(C(C)=O)cc1CC(=O)OCC(=O)c1ccc(NC(=O)CC(C)C)cc1. The highest BCUT2D eigenvalue weighted by Gasteiger charge is 2.15. The molecular weight excluding hydrogens is 398 g/mol. The maximum Gasteiger partial charge on any atom is 0.310 e. The molecule has 7 heteroatoms. The standard InChI is InChI=1S/C24H27NO6/c1-15(2)11-23(28)25-20-8-5-17(6-9-20)21(27)14-31-24(29)13-19-12-18(16(3)26)7-10-22(19)30-4/h5-10,12,15H,11,13-14H2,1-4H3,(H,25,28). The summed E-state index contributed by atoms with van der Waals surface area (Å²) in [5, 5.41) is 2.77. The summed E-state index contributed by atoms with van der Waals surface area (Å²) in [6, 6.07) is 11.2. The van der Waals surface area contributed by atoms with Gasteiger partial charge in [0.05, 0.1) is 13.5 Å². The molecule has 0 radical (unpaired) electrons. The Hall–Kier alpha value is -3.48. The van der Waals surface area contributed by atoms with Crippen molar-refractivity contribution in [2.45, 2.75) is 33.6 Å². The molecule has 2 aromatic rings. The van der Waals surface area contributed by atoms with Crippen LogP contribution in [0.4, 0.5) is 5.69 Å². The summed E-state index contributed by atoms with van der Waals surface area (Å²) >= 11 is 0. The number of esters is 1. The molecule has 2 rings (SSSR count). The molecule has 0 atom stereocenters. The van der Waals surface area contributed by atoms with E-state index in [1.54, 1.807) is 42.5 Å². The van der Waals surface area contributed by atoms with Crippen molar-refractivity contribution >= 4 is 29.1 Å². The molecule has 1 N–H and O–H groups in total. The van der Waals surface area contributed by atoms with Crippen molar-refractivity contribution in [2.75, 3.05) is 19.0 Å². The summed E-state index contributed by atoms with van der Waals surface area (Å²) in [6.07, 6.45) is 0.287. The summed E-state index contributed by atoms with van der Waals surface area (Å²) in [7, 11) is 1.47. The number of methoxy groups -OCH3 is 1. The van der Waals surface area contributed by atoms with Gasteiger partial charge in [0.25, 0.3) is 0 Å². The highest BCUT2D eigenvalue weighted by molar-refractivity contribution is 5.99. The van der Waals surface area contributed by atoms with Crippen molar-refractivity contribution in [3.05, 3.63) is 59.2 Å². The Balaban J connectivity index is 1.92. The van der Waals surface area contributed by atoms with Crippen LogP contribution in [0.25, 0.3) is 0 Å². The van der Waals surface area contributed by atoms with Crippen LogP contribution in [0, 0.1) is 5.92 Å². The molecule has 1 amide bonds. The van der Waals surface area contributed by atoms with Crippen molar-refractivity contribution in [1.29, 1.82) is 0 Å². The third-order valence-corrected chi connectivity index (χ3v) is 4.47. The minimum Gasteiger partial charge on any atom is -0.496 e. The van der Waals surface area contributed by atoms with E-state index in [0.717, 1.165) is 0 Å². The Morgan fingerprint density at radius 2 is 1.61 bits per heavy atom. The second-order valence-corrected chi connectivity index (χ2v) is 7.57. The van der Waals surface area contributed by atoms with Crippen LogP contribution in [-0.4, -0.2) is 37.2 Å². The maximum absolute atomic E-state index is 12.3. The molecule has 0 aliphatic heterocycles. The van der Waals surface area contributed by atoms with E-state index in [-0.39, 0.29) is 29.8 Å². The van der Waals surface area contributed by atoms with Crippen LogP contribution in [0.3, 0.4) is 0 Å². The van der Waals surface area contributed by atoms with Crippen LogP contribution >= 0.6 is 0 Å². The van der Waals surface area contributed by atoms with Gasteiger partial charge in [-0.05, 0) is 55.3 Å². The Morgan fingerprint density at radius 3 is 2.19 bits per heavy atom. The molecule has 0 aliphatic rings. The fourth-order valence-corrected chi connectivity index (χ4v) is 2.89. The normalized spacial score (nSPS) is 10.5. The monoisotopic (exact) mass is 425 g/mol. The van der Waals surface area contributed by atoms with Gasteiger partial charge >= 0.3 is 5.97 Å². The first-order valence-corrected chi connectivity index (χ1v) is 9.96. The summed E-state index contributed by atoms with van der Waals surface area (Å²) < 4.78 is 10.3. The quantitative estimate of drug-likeness (QED) is 0.459. The van der Waals surface area contributed by atoms with Gasteiger partial charge in [-0.1, -0.05) is 13.8 Å². The maximum atomic E-state index is 12.3. The van der Waals surface area contributed by atoms with Gasteiger partial charge in [-0.15, -0.1) is 0 Å². The van der Waals surface area contributed by atoms with Crippen molar-refractivity contribution in [1.82, 2.24) is 0 Å². The summed E-state index contributed by atoms with van der Waals surface area (Å²) in [5.74, 6) is -0.477. The van der Waals surface area contributed by atoms with Crippen LogP contribution in [0.5, 0.6) is 5.75 Å². The molecule has 0 aromatic heterocycles. The van der Waals surface area contributed by atoms with Crippen molar-refractivity contribution in [2.24, 2.45) is 5.92 Å². The molecule has 0 heterocycles. The zero-order chi connectivity index (χ0) is 23.0. The number of ether oxygens (including phenoxy) is 2. The Bertz CT molecular complexity index is 963. The second-order valence-electron chi connectivity index (χ2n) is 7.57. The summed E-state index contributed by atoms with van der Waals surface area (Å²) in [6.45, 7) is 4.94. The molecular formula is C24H27NO6. The van der Waals surface area contributed by atoms with Crippen LogP contribution < -0.4 is 10.1 Å². The number of anilines is 1. The van der Waals surface area contributed by atoms with Gasteiger partial charge in [0.2, 0.25) is 5.91 Å². The Labute approximate surface area is 181 Å². The molecule has 0 fully saturated rings. The van der Waals surface area contributed by atoms with Crippen LogP contribution in [-0.2, 0) is 20.7 Å². The van der Waals surface area contributed by atoms with Crippen molar-refractivity contribution < 1.29 is 28.7 Å². The zero-order valence-corrected chi connectivity index (χ0v) is 18.2. The second kappa shape index (κ2) is 11.1. The first-order chi connectivity index (χ1) is 14.7. The third-order valence-electron chi connectivity index (χ3n) is 4.47. The van der Waals surface area contributed by atoms with Gasteiger partial charge in [0, 0.05) is 28.8 Å². The molecule has 2 aromatic carbocycles. The Kier molecular flexibility index (Phi) is 8.49. The van der Waals surface area contributed by atoms with Crippen molar-refractivity contribution in [3.63, 3.8) is 0 Å². The fraction of sp³-hybridized carbons (Fsp3) is 0.333. The van der Waals surface area contributed by atoms with E-state index in [1.807, 2.05) is 13.8 Å². The number of hydrogen-bond donors (Lipinski definition) is 1. The number of ketones is 2. The van der Waals surface area contributed by atoms with Crippen molar-refractivity contribution in [3.8, 4) is 5.75 Å². The molecule has 0 spiro atoms. The third kappa shape index (κ3) is 7.37. The van der Waals surface area contributed by atoms with E-state index in [9.17, 15) is 19.2 Å². The van der Waals surface area contributed by atoms with Crippen LogP contribution in [0.1, 0.15) is 53.5 Å². The van der Waals surface area contributed by atoms with E-state index in [0.29, 0.717) is 34.5 Å². The minimum atomic E-state index is -0.607. The molecule has 0 saturated carbocycles. The predicted octanol–water partition coefficient (Wildman–Crippen LogP) is 3.85. The van der Waals surface area contributed by atoms with Gasteiger partial charge in [-0.25, -0.2) is 0 Å². The number of carbonyl (C=O) groups is 4. The van der Waals surface area contributed by atoms with Gasteiger partial charge in [-0.2, -0.15) is 0 Å². The number of amides is 1. The fourth-order valence-electron chi connectivity index (χ4n) is 2.89. The van der Waals surface area contributed by atoms with Gasteiger partial charge in [0.1, 0.15) is 5.75 Å². The topological polar surface area (TPSA) is 98.8 Å². The number of carbonyl (C=O) groups excluding carboxylic acids is 4. The average Bonchev–Trinajstić information content (AvgIpc) is 2.71. The van der Waals surface area contributed by atoms with Crippen LogP contribution in [0.15, 0.2) is 42.5 Å². The highest BCUT2D eigenvalue weighted by atomic mass is 16.5. The average molecular weight is 425 g/mol. The van der Waals surface area contributed by atoms with E-state index < -0.39 is 12.6 Å². The number of hydrogen-bond acceptors (Lipinski definition) is 6. The smallest absolute Gasteiger partial charge is 0.310 e. The minimum absolute atomic E-state index is 0.0905. The zero-order valence-electron chi connectivity index (χ0n) is 18.2. The lowest BCUT2D eigenvalue weighted by molar-refractivity contribution is -0.141. The van der Waals surface area contributed by atoms with E-state index >= 15 is 0 Å². The molecule has 0 bridgehead atoms. The van der Waals surface area contributed by atoms with E-state index in [4.69, 9.17) is 9.47 Å². The van der Waals surface area contributed by atoms with Crippen LogP contribution in [0.2, 0.25) is 0 Å². The predicted molar refractivity (Wildman–Crippen MR) is 117 cm³/mol. The lowest BCUT2D eigenvalue weighted by Crippen LogP contribution is -2.16. The van der Waals surface area contributed by atoms with E-state index in [2.05, 4.69) is 5.32 Å². The number of benzene rings is 2. The molecule has 7 nitrogen and oxygen atoms in total. The molecule has 0 saturated heterocycles. The number of nitrogens with one attached hydrogen (secondary N) is 1. The molecule has 0 unspecified atom stereocenters. The van der Waals surface area contributed by atoms with Gasteiger partial charge < -0.3 is 14.8 Å². The number of rotatable bonds is 10.